The number of anilines is 1. The van der Waals surface area contributed by atoms with Crippen molar-refractivity contribution in [1.29, 1.82) is 0 Å². The molecule has 0 aromatic heterocycles. The molecule has 3 aliphatic rings. The molecule has 3 fully saturated rings. The van der Waals surface area contributed by atoms with E-state index in [4.69, 9.17) is 9.47 Å². The number of ether oxygens (including phenoxy) is 2. The SMILES string of the molecule is COC(=O)c1ccc(N2CCC3(CC2)CC(N2CCN(Cc4ccc(OC)cc4)CC2c2ccccc2C(C)C)C3)cc1. The standard InChI is InChI=1S/C37H47N3O3/c1-27(2)33-7-5-6-8-34(33)35-26-38(25-28-9-15-32(42-3)16-10-28)21-22-40(35)31-23-37(24-31)17-19-39(20-18-37)30-13-11-29(12-14-30)36(41)43-4/h5-16,27,31,35H,17-26H2,1-4H3. The van der Waals surface area contributed by atoms with Gasteiger partial charge < -0.3 is 14.4 Å². The summed E-state index contributed by atoms with van der Waals surface area (Å²) in [5, 5.41) is 0. The maximum atomic E-state index is 11.8. The van der Waals surface area contributed by atoms with Crippen LogP contribution in [0.25, 0.3) is 0 Å². The third-order valence-corrected chi connectivity index (χ3v) is 10.3. The molecule has 2 aliphatic heterocycles. The van der Waals surface area contributed by atoms with Crippen molar-refractivity contribution in [3.05, 3.63) is 95.1 Å². The number of methoxy groups -OCH3 is 2. The molecule has 1 aliphatic carbocycles. The van der Waals surface area contributed by atoms with Crippen LogP contribution in [-0.4, -0.2) is 68.8 Å². The second-order valence-corrected chi connectivity index (χ2v) is 13.2. The van der Waals surface area contributed by atoms with E-state index in [1.165, 1.54) is 55.2 Å². The van der Waals surface area contributed by atoms with E-state index in [0.29, 0.717) is 29.0 Å². The van der Waals surface area contributed by atoms with Crippen LogP contribution < -0.4 is 9.64 Å². The van der Waals surface area contributed by atoms with Crippen LogP contribution in [0.2, 0.25) is 0 Å². The molecule has 3 aromatic rings. The van der Waals surface area contributed by atoms with Crippen LogP contribution in [0.15, 0.2) is 72.8 Å². The Morgan fingerprint density at radius 1 is 0.884 bits per heavy atom. The van der Waals surface area contributed by atoms with Gasteiger partial charge in [0.2, 0.25) is 0 Å². The van der Waals surface area contributed by atoms with Crippen molar-refractivity contribution < 1.29 is 14.3 Å². The number of hydrogen-bond donors (Lipinski definition) is 0. The number of carbonyl (C=O) groups excluding carboxylic acids is 1. The Hall–Kier alpha value is -3.35. The van der Waals surface area contributed by atoms with Crippen molar-refractivity contribution in [2.45, 2.75) is 64.1 Å². The number of hydrogen-bond acceptors (Lipinski definition) is 6. The fraction of sp³-hybridized carbons (Fsp3) is 0.486. The monoisotopic (exact) mass is 581 g/mol. The maximum Gasteiger partial charge on any atom is 0.337 e. The van der Waals surface area contributed by atoms with Crippen LogP contribution in [0, 0.1) is 5.41 Å². The van der Waals surface area contributed by atoms with Crippen LogP contribution in [0.3, 0.4) is 0 Å². The largest absolute Gasteiger partial charge is 0.497 e. The highest BCUT2D eigenvalue weighted by Gasteiger charge is 2.50. The average Bonchev–Trinajstić information content (AvgIpc) is 3.04. The predicted molar refractivity (Wildman–Crippen MR) is 173 cm³/mol. The first-order valence-electron chi connectivity index (χ1n) is 16.0. The van der Waals surface area contributed by atoms with Gasteiger partial charge in [-0.25, -0.2) is 4.79 Å². The highest BCUT2D eigenvalue weighted by atomic mass is 16.5. The summed E-state index contributed by atoms with van der Waals surface area (Å²) in [4.78, 5) is 19.8. The number of esters is 1. The van der Waals surface area contributed by atoms with Gasteiger partial charge in [0.1, 0.15) is 5.75 Å². The summed E-state index contributed by atoms with van der Waals surface area (Å²) in [5.74, 6) is 1.15. The molecule has 0 N–H and O–H groups in total. The molecule has 43 heavy (non-hydrogen) atoms. The summed E-state index contributed by atoms with van der Waals surface area (Å²) in [5.41, 5.74) is 6.64. The lowest BCUT2D eigenvalue weighted by atomic mass is 9.59. The minimum atomic E-state index is -0.277. The van der Waals surface area contributed by atoms with Crippen molar-refractivity contribution in [3.8, 4) is 5.75 Å². The van der Waals surface area contributed by atoms with Crippen LogP contribution in [-0.2, 0) is 11.3 Å². The minimum absolute atomic E-state index is 0.277. The van der Waals surface area contributed by atoms with E-state index in [9.17, 15) is 4.79 Å². The number of benzene rings is 3. The molecule has 6 nitrogen and oxygen atoms in total. The third-order valence-electron chi connectivity index (χ3n) is 10.3. The van der Waals surface area contributed by atoms with Crippen molar-refractivity contribution in [1.82, 2.24) is 9.80 Å². The summed E-state index contributed by atoms with van der Waals surface area (Å²) in [6.07, 6.45) is 5.10. The Kier molecular flexibility index (Phi) is 8.78. The van der Waals surface area contributed by atoms with Gasteiger partial charge in [-0.1, -0.05) is 50.2 Å². The van der Waals surface area contributed by atoms with Gasteiger partial charge >= 0.3 is 5.97 Å². The Morgan fingerprint density at radius 2 is 1.58 bits per heavy atom. The minimum Gasteiger partial charge on any atom is -0.497 e. The number of nitrogens with zero attached hydrogens (tertiary/aromatic N) is 3. The molecule has 1 unspecified atom stereocenters. The number of carbonyl (C=O) groups is 1. The van der Waals surface area contributed by atoms with Gasteiger partial charge in [-0.3, -0.25) is 9.80 Å². The predicted octanol–water partition coefficient (Wildman–Crippen LogP) is 6.91. The lowest BCUT2D eigenvalue weighted by Crippen LogP contribution is -2.60. The molecule has 1 atom stereocenters. The Labute approximate surface area is 257 Å². The number of piperidine rings is 1. The molecule has 1 saturated carbocycles. The summed E-state index contributed by atoms with van der Waals surface area (Å²) >= 11 is 0. The average molecular weight is 582 g/mol. The molecule has 2 saturated heterocycles. The third kappa shape index (κ3) is 6.32. The lowest BCUT2D eigenvalue weighted by Gasteiger charge is -2.58. The molecule has 0 amide bonds. The van der Waals surface area contributed by atoms with E-state index in [1.54, 1.807) is 7.11 Å². The van der Waals surface area contributed by atoms with Crippen molar-refractivity contribution in [2.24, 2.45) is 5.41 Å². The van der Waals surface area contributed by atoms with Crippen LogP contribution in [0.4, 0.5) is 5.69 Å². The normalized spacial score (nSPS) is 21.1. The number of rotatable bonds is 8. The summed E-state index contributed by atoms with van der Waals surface area (Å²) in [6, 6.07) is 26.7. The Balaban J connectivity index is 1.12. The molecule has 0 radical (unpaired) electrons. The van der Waals surface area contributed by atoms with E-state index >= 15 is 0 Å². The van der Waals surface area contributed by atoms with Gasteiger partial charge in [-0.2, -0.15) is 0 Å². The zero-order valence-corrected chi connectivity index (χ0v) is 26.3. The molecule has 6 heteroatoms. The molecular weight excluding hydrogens is 534 g/mol. The Bertz CT molecular complexity index is 1370. The van der Waals surface area contributed by atoms with Gasteiger partial charge in [-0.05, 0) is 90.1 Å². The molecule has 3 aromatic carbocycles. The van der Waals surface area contributed by atoms with Gasteiger partial charge in [0.05, 0.1) is 19.8 Å². The van der Waals surface area contributed by atoms with Gasteiger partial charge in [-0.15, -0.1) is 0 Å². The first-order chi connectivity index (χ1) is 20.9. The fourth-order valence-corrected chi connectivity index (χ4v) is 7.79. The second-order valence-electron chi connectivity index (χ2n) is 13.2. The Morgan fingerprint density at radius 3 is 2.23 bits per heavy atom. The molecule has 6 rings (SSSR count). The zero-order valence-electron chi connectivity index (χ0n) is 26.3. The second kappa shape index (κ2) is 12.7. The van der Waals surface area contributed by atoms with E-state index in [2.05, 4.69) is 89.2 Å². The smallest absolute Gasteiger partial charge is 0.337 e. The van der Waals surface area contributed by atoms with Gasteiger partial charge in [0, 0.05) is 57.0 Å². The molecule has 1 spiro atoms. The van der Waals surface area contributed by atoms with Gasteiger partial charge in [0.25, 0.3) is 0 Å². The van der Waals surface area contributed by atoms with Crippen LogP contribution in [0.5, 0.6) is 5.75 Å². The first kappa shape index (κ1) is 29.7. The van der Waals surface area contributed by atoms with E-state index in [1.807, 2.05) is 12.1 Å². The van der Waals surface area contributed by atoms with Gasteiger partial charge in [0.15, 0.2) is 0 Å². The van der Waals surface area contributed by atoms with Crippen molar-refractivity contribution >= 4 is 11.7 Å². The van der Waals surface area contributed by atoms with Crippen LogP contribution in [0.1, 0.15) is 78.5 Å². The quantitative estimate of drug-likeness (QED) is 0.269. The zero-order chi connectivity index (χ0) is 30.0. The molecule has 228 valence electrons. The fourth-order valence-electron chi connectivity index (χ4n) is 7.79. The topological polar surface area (TPSA) is 45.2 Å². The summed E-state index contributed by atoms with van der Waals surface area (Å²) in [6.45, 7) is 11.1. The lowest BCUT2D eigenvalue weighted by molar-refractivity contribution is -0.0628. The first-order valence-corrected chi connectivity index (χ1v) is 16.0. The molecule has 2 heterocycles. The highest BCUT2D eigenvalue weighted by Crippen LogP contribution is 2.53. The van der Waals surface area contributed by atoms with Crippen molar-refractivity contribution in [3.63, 3.8) is 0 Å². The van der Waals surface area contributed by atoms with Crippen molar-refractivity contribution in [2.75, 3.05) is 51.8 Å². The molecular formula is C37H47N3O3. The van der Waals surface area contributed by atoms with E-state index in [-0.39, 0.29) is 5.97 Å². The van der Waals surface area contributed by atoms with E-state index < -0.39 is 0 Å². The number of piperazine rings is 1. The highest BCUT2D eigenvalue weighted by molar-refractivity contribution is 5.89. The van der Waals surface area contributed by atoms with Crippen LogP contribution >= 0.6 is 0 Å². The summed E-state index contributed by atoms with van der Waals surface area (Å²) < 4.78 is 10.2. The van der Waals surface area contributed by atoms with E-state index in [0.717, 1.165) is 45.0 Å². The maximum absolute atomic E-state index is 11.8. The summed E-state index contributed by atoms with van der Waals surface area (Å²) in [7, 11) is 3.16. The molecule has 0 bridgehead atoms.